The van der Waals surface area contributed by atoms with Crippen molar-refractivity contribution in [1.82, 2.24) is 4.90 Å². The summed E-state index contributed by atoms with van der Waals surface area (Å²) < 4.78 is 6.62. The zero-order valence-corrected chi connectivity index (χ0v) is 51.4. The maximum absolute atomic E-state index is 6.62. The number of allylic oxidation sites excluding steroid dienone is 16. The van der Waals surface area contributed by atoms with Gasteiger partial charge in [-0.05, 0) is 202 Å². The minimum atomic E-state index is -0.186. The van der Waals surface area contributed by atoms with Crippen LogP contribution in [0.3, 0.4) is 0 Å². The fourth-order valence-electron chi connectivity index (χ4n) is 15.8. The number of para-hydroxylation sites is 1. The van der Waals surface area contributed by atoms with Gasteiger partial charge in [0.15, 0.2) is 0 Å². The van der Waals surface area contributed by atoms with Crippen LogP contribution in [0.4, 0.5) is 11.4 Å². The number of hydrogen-bond donors (Lipinski definition) is 0. The second kappa shape index (κ2) is 25.1. The number of nitrogens with zero attached hydrogens (tertiary/aromatic N) is 2. The number of rotatable bonds is 19. The molecule has 0 saturated heterocycles. The molecule has 3 nitrogen and oxygen atoms in total. The van der Waals surface area contributed by atoms with Crippen LogP contribution in [0.15, 0.2) is 279 Å². The van der Waals surface area contributed by atoms with Crippen LogP contribution in [0.25, 0.3) is 34.4 Å². The molecule has 438 valence electrons. The van der Waals surface area contributed by atoms with Gasteiger partial charge >= 0.3 is 0 Å². The zero-order chi connectivity index (χ0) is 59.6. The monoisotopic (exact) mass is 1150 g/mol. The third-order valence-electron chi connectivity index (χ3n) is 20.5. The second-order valence-electron chi connectivity index (χ2n) is 25.9. The molecular weight excluding hydrogens is 1060 g/mol. The van der Waals surface area contributed by atoms with Crippen LogP contribution in [0.2, 0.25) is 0 Å². The van der Waals surface area contributed by atoms with Crippen molar-refractivity contribution in [2.75, 3.05) is 11.5 Å². The lowest BCUT2D eigenvalue weighted by Gasteiger charge is -2.44. The minimum Gasteiger partial charge on any atom is -0.374 e. The SMILES string of the molecule is C=Cc1ccc(C2=CCC(OCC(C)CCC(C)CC3(c4ccccc4)c4ccccc4C4=CC=C(N(C5=CC=C(c6ccc7c(c6)C6CC(c8ccc(C=C)cc8)=CC=C6N7c6ccccc6)CC5)C5=CCC(c6ccccc6)CC5)CC43)C=C2)cc1. The molecule has 0 N–H and O–H groups in total. The van der Waals surface area contributed by atoms with Gasteiger partial charge in [-0.1, -0.05) is 246 Å². The van der Waals surface area contributed by atoms with Crippen molar-refractivity contribution in [2.45, 2.75) is 108 Å². The van der Waals surface area contributed by atoms with Gasteiger partial charge in [-0.25, -0.2) is 0 Å². The molecule has 14 rings (SSSR count). The summed E-state index contributed by atoms with van der Waals surface area (Å²) in [6.45, 7) is 13.6. The molecule has 0 amide bonds. The van der Waals surface area contributed by atoms with Crippen LogP contribution in [-0.4, -0.2) is 17.6 Å². The van der Waals surface area contributed by atoms with E-state index in [4.69, 9.17) is 4.74 Å². The van der Waals surface area contributed by atoms with E-state index >= 15 is 0 Å². The van der Waals surface area contributed by atoms with Gasteiger partial charge in [0.25, 0.3) is 0 Å². The first-order chi connectivity index (χ1) is 43.3. The molecular formula is C85H82N2O. The molecule has 7 aromatic rings. The summed E-state index contributed by atoms with van der Waals surface area (Å²) in [4.78, 5) is 5.27. The van der Waals surface area contributed by atoms with Crippen molar-refractivity contribution in [3.05, 3.63) is 334 Å². The number of fused-ring (bicyclic) bond motifs is 6. The maximum Gasteiger partial charge on any atom is 0.0793 e. The van der Waals surface area contributed by atoms with Crippen molar-refractivity contribution in [2.24, 2.45) is 17.8 Å². The van der Waals surface area contributed by atoms with Crippen molar-refractivity contribution in [3.63, 3.8) is 0 Å². The van der Waals surface area contributed by atoms with Crippen LogP contribution in [0, 0.1) is 17.8 Å². The molecule has 0 aromatic heterocycles. The summed E-state index contributed by atoms with van der Waals surface area (Å²) >= 11 is 0. The molecule has 0 spiro atoms. The first-order valence-corrected chi connectivity index (χ1v) is 32.7. The van der Waals surface area contributed by atoms with Crippen molar-refractivity contribution < 1.29 is 4.74 Å². The summed E-state index contributed by atoms with van der Waals surface area (Å²) in [7, 11) is 0. The summed E-state index contributed by atoms with van der Waals surface area (Å²) in [6.07, 6.45) is 39.5. The van der Waals surface area contributed by atoms with E-state index in [0.29, 0.717) is 17.8 Å². The molecule has 1 aliphatic heterocycles. The van der Waals surface area contributed by atoms with E-state index in [9.17, 15) is 0 Å². The van der Waals surface area contributed by atoms with Gasteiger partial charge in [-0.3, -0.25) is 0 Å². The molecule has 88 heavy (non-hydrogen) atoms. The Morgan fingerprint density at radius 1 is 0.602 bits per heavy atom. The quantitative estimate of drug-likeness (QED) is 0.0803. The first kappa shape index (κ1) is 57.0. The van der Waals surface area contributed by atoms with E-state index in [1.807, 2.05) is 12.2 Å². The van der Waals surface area contributed by atoms with Crippen LogP contribution in [0.1, 0.15) is 152 Å². The van der Waals surface area contributed by atoms with Gasteiger partial charge < -0.3 is 14.5 Å². The van der Waals surface area contributed by atoms with Gasteiger partial charge in [0, 0.05) is 58.0 Å². The Morgan fingerprint density at radius 3 is 1.99 bits per heavy atom. The molecule has 3 heteroatoms. The van der Waals surface area contributed by atoms with E-state index in [1.165, 1.54) is 101 Å². The van der Waals surface area contributed by atoms with E-state index in [0.717, 1.165) is 88.4 Å². The molecule has 7 unspecified atom stereocenters. The number of hydrogen-bond acceptors (Lipinski definition) is 3. The highest BCUT2D eigenvalue weighted by Crippen LogP contribution is 2.61. The van der Waals surface area contributed by atoms with Crippen molar-refractivity contribution >= 4 is 45.8 Å². The fourth-order valence-corrected chi connectivity index (χ4v) is 15.8. The third-order valence-corrected chi connectivity index (χ3v) is 20.5. The molecule has 7 aromatic carbocycles. The van der Waals surface area contributed by atoms with Crippen molar-refractivity contribution in [1.29, 1.82) is 0 Å². The van der Waals surface area contributed by atoms with Crippen molar-refractivity contribution in [3.8, 4) is 0 Å². The number of anilines is 2. The Bertz CT molecular complexity index is 4030. The summed E-state index contributed by atoms with van der Waals surface area (Å²) in [5, 5.41) is 0. The van der Waals surface area contributed by atoms with E-state index < -0.39 is 0 Å². The standard InChI is InChI=1S/C85H82N2O/c1-5-61-28-32-64(33-29-61)66-40-49-76(50-41-66)88-58-60(4)27-26-59(3)57-85(71-20-12-8-13-21-71)81-25-17-16-24-77(81)78-51-48-75(56-82(78)85)86(73-44-36-65(37-45-73)63-18-10-7-11-19-63)74-46-38-68(39-47-74)70-43-53-84-80(55-70)79-54-69(67-34-30-62(6-2)31-35-67)42-52-83(79)87(84)72-22-14-9-15-23-72/h5-25,28-35,38,40-44,46,48-49,51-53,55,59-60,65,76,79,82H,1-2,26-27,36-37,39,45,47,50,54,56-58H2,3-4H3. The van der Waals surface area contributed by atoms with E-state index in [2.05, 4.69) is 280 Å². The van der Waals surface area contributed by atoms with Crippen LogP contribution >= 0.6 is 0 Å². The summed E-state index contributed by atoms with van der Waals surface area (Å²) in [5.41, 5.74) is 26.9. The van der Waals surface area contributed by atoms with Crippen LogP contribution in [0.5, 0.6) is 0 Å². The van der Waals surface area contributed by atoms with Gasteiger partial charge in [0.05, 0.1) is 6.10 Å². The molecule has 1 heterocycles. The van der Waals surface area contributed by atoms with Gasteiger partial charge in [-0.15, -0.1) is 0 Å². The zero-order valence-electron chi connectivity index (χ0n) is 51.4. The number of benzene rings is 7. The molecule has 0 saturated carbocycles. The van der Waals surface area contributed by atoms with E-state index in [1.54, 1.807) is 0 Å². The van der Waals surface area contributed by atoms with Crippen LogP contribution in [-0.2, 0) is 10.2 Å². The van der Waals surface area contributed by atoms with Gasteiger partial charge in [-0.2, -0.15) is 0 Å². The molecule has 7 atom stereocenters. The smallest absolute Gasteiger partial charge is 0.0793 e. The topological polar surface area (TPSA) is 15.7 Å². The molecule has 0 fully saturated rings. The largest absolute Gasteiger partial charge is 0.374 e. The predicted octanol–water partition coefficient (Wildman–Crippen LogP) is 22.0. The Kier molecular flexibility index (Phi) is 16.3. The average molecular weight is 1150 g/mol. The fraction of sp³-hybridized carbons (Fsp3) is 0.247. The normalized spacial score (nSPS) is 22.4. The molecule has 7 aliphatic rings. The van der Waals surface area contributed by atoms with Gasteiger partial charge in [0.1, 0.15) is 0 Å². The lowest BCUT2D eigenvalue weighted by atomic mass is 9.62. The average Bonchev–Trinajstić information content (AvgIpc) is 1.59. The second-order valence-corrected chi connectivity index (χ2v) is 25.9. The predicted molar refractivity (Wildman–Crippen MR) is 371 cm³/mol. The lowest BCUT2D eigenvalue weighted by molar-refractivity contribution is 0.0585. The Morgan fingerprint density at radius 2 is 1.28 bits per heavy atom. The number of ether oxygens (including phenoxy) is 1. The molecule has 6 aliphatic carbocycles. The summed E-state index contributed by atoms with van der Waals surface area (Å²) in [6, 6.07) is 68.1. The first-order valence-electron chi connectivity index (χ1n) is 32.7. The maximum atomic E-state index is 6.62. The van der Waals surface area contributed by atoms with Crippen LogP contribution < -0.4 is 4.90 Å². The Balaban J connectivity index is 0.748. The minimum absolute atomic E-state index is 0.113. The highest BCUT2D eigenvalue weighted by atomic mass is 16.5. The Labute approximate surface area is 523 Å². The third kappa shape index (κ3) is 11.2. The van der Waals surface area contributed by atoms with E-state index in [-0.39, 0.29) is 23.4 Å². The lowest BCUT2D eigenvalue weighted by Crippen LogP contribution is -2.37. The molecule has 0 bridgehead atoms. The Hall–Kier alpha value is -8.76. The molecule has 0 radical (unpaired) electrons. The summed E-state index contributed by atoms with van der Waals surface area (Å²) in [5.74, 6) is 2.02. The van der Waals surface area contributed by atoms with Gasteiger partial charge in [0.2, 0.25) is 0 Å². The highest BCUT2D eigenvalue weighted by molar-refractivity contribution is 5.86. The highest BCUT2D eigenvalue weighted by Gasteiger charge is 2.52.